The smallest absolute Gasteiger partial charge is 0.242 e. The minimum absolute atomic E-state index is 0.0203. The maximum Gasteiger partial charge on any atom is 0.242 e. The Morgan fingerprint density at radius 2 is 1.55 bits per heavy atom. The van der Waals surface area contributed by atoms with Gasteiger partial charge in [-0.2, -0.15) is 0 Å². The van der Waals surface area contributed by atoms with Crippen molar-refractivity contribution < 1.29 is 14.4 Å². The van der Waals surface area contributed by atoms with Crippen LogP contribution in [0.25, 0.3) is 0 Å². The molecule has 2 aromatic carbocycles. The number of para-hydroxylation sites is 1. The molecule has 0 aliphatic carbocycles. The number of nitrogens with one attached hydrogen (secondary N) is 1. The molecule has 7 nitrogen and oxygen atoms in total. The third kappa shape index (κ3) is 5.30. The van der Waals surface area contributed by atoms with Crippen LogP contribution in [0.15, 0.2) is 60.7 Å². The van der Waals surface area contributed by atoms with Gasteiger partial charge in [0, 0.05) is 51.4 Å². The fraction of sp³-hybridized carbons (Fsp3) is 0.375. The van der Waals surface area contributed by atoms with Crippen molar-refractivity contribution in [2.75, 3.05) is 44.2 Å². The average molecular weight is 421 g/mol. The summed E-state index contributed by atoms with van der Waals surface area (Å²) in [5.41, 5.74) is 2.07. The Kier molecular flexibility index (Phi) is 6.62. The van der Waals surface area contributed by atoms with Crippen LogP contribution in [-0.2, 0) is 20.9 Å². The van der Waals surface area contributed by atoms with Crippen LogP contribution in [0.3, 0.4) is 0 Å². The average Bonchev–Trinajstić information content (AvgIpc) is 3.21. The molecule has 1 N–H and O–H groups in total. The molecule has 2 saturated heterocycles. The van der Waals surface area contributed by atoms with E-state index < -0.39 is 5.92 Å². The molecule has 162 valence electrons. The minimum Gasteiger partial charge on any atom is -0.347 e. The number of piperazine rings is 1. The van der Waals surface area contributed by atoms with Crippen molar-refractivity contribution in [2.45, 2.75) is 13.0 Å². The van der Waals surface area contributed by atoms with Crippen LogP contribution in [0, 0.1) is 5.92 Å². The molecule has 4 rings (SSSR count). The summed E-state index contributed by atoms with van der Waals surface area (Å²) < 4.78 is 0. The predicted molar refractivity (Wildman–Crippen MR) is 118 cm³/mol. The molecule has 0 saturated carbocycles. The summed E-state index contributed by atoms with van der Waals surface area (Å²) in [7, 11) is 0. The number of anilines is 1. The predicted octanol–water partition coefficient (Wildman–Crippen LogP) is 1.50. The van der Waals surface area contributed by atoms with E-state index in [2.05, 4.69) is 22.3 Å². The lowest BCUT2D eigenvalue weighted by Crippen LogP contribution is -2.51. The lowest BCUT2D eigenvalue weighted by atomic mass is 10.1. The number of hydrogen-bond donors (Lipinski definition) is 1. The van der Waals surface area contributed by atoms with Crippen LogP contribution in [0.5, 0.6) is 0 Å². The highest BCUT2D eigenvalue weighted by Gasteiger charge is 2.35. The minimum atomic E-state index is -0.428. The Morgan fingerprint density at radius 1 is 0.903 bits per heavy atom. The summed E-state index contributed by atoms with van der Waals surface area (Å²) in [4.78, 5) is 43.2. The number of benzene rings is 2. The van der Waals surface area contributed by atoms with Gasteiger partial charge in [-0.05, 0) is 17.7 Å². The van der Waals surface area contributed by atoms with E-state index in [9.17, 15) is 14.4 Å². The molecule has 31 heavy (non-hydrogen) atoms. The molecule has 1 unspecified atom stereocenters. The fourth-order valence-electron chi connectivity index (χ4n) is 4.16. The van der Waals surface area contributed by atoms with Crippen molar-refractivity contribution in [2.24, 2.45) is 5.92 Å². The van der Waals surface area contributed by atoms with Gasteiger partial charge in [0.15, 0.2) is 0 Å². The van der Waals surface area contributed by atoms with Gasteiger partial charge in [-0.15, -0.1) is 0 Å². The third-order valence-corrected chi connectivity index (χ3v) is 5.95. The zero-order chi connectivity index (χ0) is 21.6. The SMILES string of the molecule is O=C(NCC(=O)N1CCN(Cc2ccccc2)CC1)C1CC(=O)N(c2ccccc2)C1. The zero-order valence-corrected chi connectivity index (χ0v) is 17.6. The van der Waals surface area contributed by atoms with Crippen LogP contribution in [0.2, 0.25) is 0 Å². The second-order valence-corrected chi connectivity index (χ2v) is 8.10. The summed E-state index contributed by atoms with van der Waals surface area (Å²) in [5.74, 6) is -0.796. The molecule has 2 aliphatic rings. The summed E-state index contributed by atoms with van der Waals surface area (Å²) in [6, 6.07) is 19.7. The maximum absolute atomic E-state index is 12.5. The lowest BCUT2D eigenvalue weighted by molar-refractivity contribution is -0.135. The van der Waals surface area contributed by atoms with Crippen molar-refractivity contribution in [1.29, 1.82) is 0 Å². The summed E-state index contributed by atoms with van der Waals surface area (Å²) in [6.45, 7) is 4.16. The number of amides is 3. The van der Waals surface area contributed by atoms with Gasteiger partial charge in [-0.25, -0.2) is 0 Å². The first kappa shape index (κ1) is 21.1. The molecular formula is C24H28N4O3. The van der Waals surface area contributed by atoms with E-state index in [-0.39, 0.29) is 30.7 Å². The van der Waals surface area contributed by atoms with Gasteiger partial charge < -0.3 is 15.1 Å². The first-order valence-corrected chi connectivity index (χ1v) is 10.8. The van der Waals surface area contributed by atoms with E-state index in [1.165, 1.54) is 5.56 Å². The summed E-state index contributed by atoms with van der Waals surface area (Å²) >= 11 is 0. The van der Waals surface area contributed by atoms with Crippen LogP contribution >= 0.6 is 0 Å². The van der Waals surface area contributed by atoms with Gasteiger partial charge in [0.25, 0.3) is 0 Å². The molecule has 2 fully saturated rings. The Bertz CT molecular complexity index is 911. The molecular weight excluding hydrogens is 392 g/mol. The summed E-state index contributed by atoms with van der Waals surface area (Å²) in [5, 5.41) is 2.74. The normalized spacial score (nSPS) is 19.5. The molecule has 0 spiro atoms. The number of hydrogen-bond acceptors (Lipinski definition) is 4. The van der Waals surface area contributed by atoms with Crippen molar-refractivity contribution >= 4 is 23.4 Å². The first-order valence-electron chi connectivity index (χ1n) is 10.8. The highest BCUT2D eigenvalue weighted by Crippen LogP contribution is 2.24. The van der Waals surface area contributed by atoms with E-state index in [1.807, 2.05) is 48.5 Å². The van der Waals surface area contributed by atoms with Crippen molar-refractivity contribution in [3.8, 4) is 0 Å². The Hall–Kier alpha value is -3.19. The van der Waals surface area contributed by atoms with E-state index in [0.29, 0.717) is 19.6 Å². The number of rotatable bonds is 6. The van der Waals surface area contributed by atoms with Gasteiger partial charge in [0.1, 0.15) is 0 Å². The fourth-order valence-corrected chi connectivity index (χ4v) is 4.16. The molecule has 7 heteroatoms. The molecule has 0 aromatic heterocycles. The van der Waals surface area contributed by atoms with Crippen LogP contribution in [0.1, 0.15) is 12.0 Å². The van der Waals surface area contributed by atoms with Crippen LogP contribution in [-0.4, -0.2) is 66.8 Å². The first-order chi connectivity index (χ1) is 15.1. The van der Waals surface area contributed by atoms with E-state index in [0.717, 1.165) is 25.3 Å². The summed E-state index contributed by atoms with van der Waals surface area (Å²) in [6.07, 6.45) is 0.174. The largest absolute Gasteiger partial charge is 0.347 e. The molecule has 2 aromatic rings. The standard InChI is InChI=1S/C24H28N4O3/c29-22-15-20(18-28(22)21-9-5-2-6-10-21)24(31)25-16-23(30)27-13-11-26(12-14-27)17-19-7-3-1-4-8-19/h1-10,20H,11-18H2,(H,25,31). The number of carbonyl (C=O) groups is 3. The molecule has 2 aliphatic heterocycles. The van der Waals surface area contributed by atoms with Gasteiger partial charge >= 0.3 is 0 Å². The topological polar surface area (TPSA) is 73.0 Å². The Balaban J connectivity index is 1.20. The zero-order valence-electron chi connectivity index (χ0n) is 17.6. The maximum atomic E-state index is 12.5. The highest BCUT2D eigenvalue weighted by atomic mass is 16.2. The van der Waals surface area contributed by atoms with Crippen molar-refractivity contribution in [3.63, 3.8) is 0 Å². The van der Waals surface area contributed by atoms with Crippen molar-refractivity contribution in [1.82, 2.24) is 15.1 Å². The number of carbonyl (C=O) groups excluding carboxylic acids is 3. The van der Waals surface area contributed by atoms with Crippen molar-refractivity contribution in [3.05, 3.63) is 66.2 Å². The second kappa shape index (κ2) is 9.75. The molecule has 0 bridgehead atoms. The molecule has 0 radical (unpaired) electrons. The van der Waals surface area contributed by atoms with Crippen LogP contribution in [0.4, 0.5) is 5.69 Å². The van der Waals surface area contributed by atoms with E-state index in [4.69, 9.17) is 0 Å². The van der Waals surface area contributed by atoms with Gasteiger partial charge in [0.2, 0.25) is 17.7 Å². The van der Waals surface area contributed by atoms with Crippen LogP contribution < -0.4 is 10.2 Å². The molecule has 3 amide bonds. The third-order valence-electron chi connectivity index (χ3n) is 5.95. The monoisotopic (exact) mass is 420 g/mol. The Morgan fingerprint density at radius 3 is 2.23 bits per heavy atom. The van der Waals surface area contributed by atoms with Gasteiger partial charge in [0.05, 0.1) is 12.5 Å². The van der Waals surface area contributed by atoms with Gasteiger partial charge in [-0.3, -0.25) is 19.3 Å². The quantitative estimate of drug-likeness (QED) is 0.769. The number of nitrogens with zero attached hydrogens (tertiary/aromatic N) is 3. The second-order valence-electron chi connectivity index (χ2n) is 8.10. The highest BCUT2D eigenvalue weighted by molar-refractivity contribution is 6.00. The lowest BCUT2D eigenvalue weighted by Gasteiger charge is -2.34. The molecule has 2 heterocycles. The van der Waals surface area contributed by atoms with Gasteiger partial charge in [-0.1, -0.05) is 48.5 Å². The van der Waals surface area contributed by atoms with E-state index >= 15 is 0 Å². The molecule has 1 atom stereocenters. The Labute approximate surface area is 182 Å². The van der Waals surface area contributed by atoms with E-state index in [1.54, 1.807) is 9.80 Å².